The molecule has 0 unspecified atom stereocenters. The van der Waals surface area contributed by atoms with Crippen molar-refractivity contribution in [3.63, 3.8) is 0 Å². The number of cyclic esters (lactones) is 1. The molecule has 1 aromatic carbocycles. The summed E-state index contributed by atoms with van der Waals surface area (Å²) in [5.41, 5.74) is 1.30. The van der Waals surface area contributed by atoms with E-state index in [1.165, 1.54) is 0 Å². The fourth-order valence-corrected chi connectivity index (χ4v) is 3.83. The first-order chi connectivity index (χ1) is 6.43. The van der Waals surface area contributed by atoms with Crippen LogP contribution in [0.15, 0.2) is 21.1 Å². The van der Waals surface area contributed by atoms with Crippen molar-refractivity contribution in [1.29, 1.82) is 0 Å². The molecule has 0 aliphatic carbocycles. The molecule has 0 spiro atoms. The van der Waals surface area contributed by atoms with Gasteiger partial charge >= 0.3 is 5.97 Å². The second kappa shape index (κ2) is 3.57. The topological polar surface area (TPSA) is 26.3 Å². The zero-order valence-electron chi connectivity index (χ0n) is 6.48. The van der Waals surface area contributed by atoms with Gasteiger partial charge < -0.3 is 4.74 Å². The Morgan fingerprint density at radius 3 is 2.50 bits per heavy atom. The molecule has 0 radical (unpaired) electrons. The number of benzene rings is 1. The number of carbonyl (C=O) groups excluding carboxylic acids is 1. The first-order valence-electron chi connectivity index (χ1n) is 3.53. The van der Waals surface area contributed by atoms with Crippen LogP contribution in [0, 0.1) is 0 Å². The van der Waals surface area contributed by atoms with Gasteiger partial charge in [0.1, 0.15) is 0 Å². The van der Waals surface area contributed by atoms with Gasteiger partial charge in [-0.3, -0.25) is 0 Å². The molecule has 1 aliphatic heterocycles. The highest BCUT2D eigenvalue weighted by Gasteiger charge is 2.43. The number of fused-ring (bicyclic) bond motifs is 1. The van der Waals surface area contributed by atoms with E-state index >= 15 is 0 Å². The van der Waals surface area contributed by atoms with Crippen LogP contribution in [-0.2, 0) is 8.16 Å². The third-order valence-corrected chi connectivity index (χ3v) is 4.96. The number of alkyl halides is 2. The minimum absolute atomic E-state index is 0.345. The summed E-state index contributed by atoms with van der Waals surface area (Å²) in [4.78, 5) is 11.4. The van der Waals surface area contributed by atoms with Gasteiger partial charge in [-0.05, 0) is 75.9 Å². The lowest BCUT2D eigenvalue weighted by Gasteiger charge is -2.14. The molecular formula is C8H2Br4O2. The molecule has 1 aromatic rings. The molecule has 0 amide bonds. The maximum Gasteiger partial charge on any atom is 0.341 e. The summed E-state index contributed by atoms with van der Waals surface area (Å²) in [6, 6.07) is 3.52. The minimum Gasteiger partial charge on any atom is -0.429 e. The zero-order valence-corrected chi connectivity index (χ0v) is 12.8. The van der Waals surface area contributed by atoms with Gasteiger partial charge in [0, 0.05) is 14.5 Å². The Hall–Kier alpha value is 0.610. The Bertz CT molecular complexity index is 428. The summed E-state index contributed by atoms with van der Waals surface area (Å²) in [6.07, 6.45) is 0. The molecule has 14 heavy (non-hydrogen) atoms. The quantitative estimate of drug-likeness (QED) is 0.436. The van der Waals surface area contributed by atoms with Gasteiger partial charge in [0.25, 0.3) is 0 Å². The van der Waals surface area contributed by atoms with Crippen LogP contribution in [-0.4, -0.2) is 5.97 Å². The molecule has 2 nitrogen and oxygen atoms in total. The number of esters is 1. The smallest absolute Gasteiger partial charge is 0.341 e. The Morgan fingerprint density at radius 2 is 1.86 bits per heavy atom. The summed E-state index contributed by atoms with van der Waals surface area (Å²) in [6.45, 7) is 0. The first-order valence-corrected chi connectivity index (χ1v) is 6.70. The van der Waals surface area contributed by atoms with Crippen molar-refractivity contribution >= 4 is 69.7 Å². The van der Waals surface area contributed by atoms with Crippen LogP contribution in [0.3, 0.4) is 0 Å². The largest absolute Gasteiger partial charge is 0.429 e. The van der Waals surface area contributed by atoms with Crippen molar-refractivity contribution in [1.82, 2.24) is 0 Å². The van der Waals surface area contributed by atoms with Crippen LogP contribution >= 0.6 is 63.7 Å². The molecule has 0 bridgehead atoms. The second-order valence-electron chi connectivity index (χ2n) is 2.69. The molecule has 1 aliphatic rings. The van der Waals surface area contributed by atoms with Gasteiger partial charge in [0.2, 0.25) is 3.42 Å². The molecule has 0 saturated carbocycles. The molecule has 0 aromatic heterocycles. The molecule has 0 N–H and O–H groups in total. The van der Waals surface area contributed by atoms with Gasteiger partial charge in [-0.1, -0.05) is 0 Å². The lowest BCUT2D eigenvalue weighted by molar-refractivity contribution is 0.0493. The van der Waals surface area contributed by atoms with E-state index in [4.69, 9.17) is 4.74 Å². The van der Waals surface area contributed by atoms with Crippen molar-refractivity contribution in [2.75, 3.05) is 0 Å². The van der Waals surface area contributed by atoms with Crippen molar-refractivity contribution in [2.24, 2.45) is 0 Å². The Balaban J connectivity index is 2.77. The average molecular weight is 450 g/mol. The molecule has 1 heterocycles. The van der Waals surface area contributed by atoms with Crippen LogP contribution < -0.4 is 0 Å². The van der Waals surface area contributed by atoms with Crippen LogP contribution in [0.4, 0.5) is 0 Å². The highest BCUT2D eigenvalue weighted by molar-refractivity contribution is 9.24. The highest BCUT2D eigenvalue weighted by Crippen LogP contribution is 2.51. The van der Waals surface area contributed by atoms with Crippen molar-refractivity contribution in [2.45, 2.75) is 3.42 Å². The van der Waals surface area contributed by atoms with E-state index in [0.29, 0.717) is 5.56 Å². The summed E-state index contributed by atoms with van der Waals surface area (Å²) in [7, 11) is 0. The molecular weight excluding hydrogens is 448 g/mol. The fraction of sp³-hybridized carbons (Fsp3) is 0.125. The lowest BCUT2D eigenvalue weighted by Crippen LogP contribution is -2.07. The van der Waals surface area contributed by atoms with E-state index in [1.807, 2.05) is 0 Å². The third-order valence-electron chi connectivity index (χ3n) is 1.83. The number of hydrogen-bond donors (Lipinski definition) is 0. The van der Waals surface area contributed by atoms with Crippen LogP contribution in [0.2, 0.25) is 0 Å². The summed E-state index contributed by atoms with van der Waals surface area (Å²) < 4.78 is 5.85. The number of carbonyl (C=O) groups is 1. The fourth-order valence-electron chi connectivity index (χ4n) is 1.23. The lowest BCUT2D eigenvalue weighted by atomic mass is 10.1. The number of ether oxygens (including phenoxy) is 1. The predicted octanol–water partition coefficient (Wildman–Crippen LogP) is 4.28. The molecule has 6 heteroatoms. The van der Waals surface area contributed by atoms with Crippen LogP contribution in [0.25, 0.3) is 0 Å². The van der Waals surface area contributed by atoms with E-state index < -0.39 is 3.42 Å². The molecule has 0 atom stereocenters. The zero-order chi connectivity index (χ0) is 10.5. The van der Waals surface area contributed by atoms with Crippen molar-refractivity contribution in [3.05, 3.63) is 32.2 Å². The third kappa shape index (κ3) is 1.60. The monoisotopic (exact) mass is 446 g/mol. The molecule has 0 fully saturated rings. The summed E-state index contributed by atoms with van der Waals surface area (Å²) >= 11 is 13.3. The van der Waals surface area contributed by atoms with E-state index in [9.17, 15) is 4.79 Å². The normalized spacial score (nSPS) is 17.9. The average Bonchev–Trinajstić information content (AvgIpc) is 2.29. The Morgan fingerprint density at radius 1 is 1.21 bits per heavy atom. The highest BCUT2D eigenvalue weighted by atomic mass is 79.9. The molecule has 74 valence electrons. The van der Waals surface area contributed by atoms with Crippen molar-refractivity contribution < 1.29 is 9.53 Å². The van der Waals surface area contributed by atoms with Gasteiger partial charge in [0.15, 0.2) is 0 Å². The predicted molar refractivity (Wildman–Crippen MR) is 66.8 cm³/mol. The van der Waals surface area contributed by atoms with Gasteiger partial charge in [-0.25, -0.2) is 4.79 Å². The molecule has 0 saturated heterocycles. The summed E-state index contributed by atoms with van der Waals surface area (Å²) in [5.74, 6) is -0.345. The number of rotatable bonds is 0. The van der Waals surface area contributed by atoms with Crippen molar-refractivity contribution in [3.8, 4) is 0 Å². The number of halogens is 4. The van der Waals surface area contributed by atoms with Crippen LogP contribution in [0.1, 0.15) is 15.9 Å². The van der Waals surface area contributed by atoms with E-state index in [0.717, 1.165) is 14.5 Å². The first kappa shape index (κ1) is 11.1. The second-order valence-corrected chi connectivity index (χ2v) is 7.64. The van der Waals surface area contributed by atoms with Gasteiger partial charge in [0.05, 0.1) is 5.56 Å². The van der Waals surface area contributed by atoms with Gasteiger partial charge in [-0.2, -0.15) is 0 Å². The summed E-state index contributed by atoms with van der Waals surface area (Å²) in [5, 5.41) is 0. The van der Waals surface area contributed by atoms with Crippen LogP contribution in [0.5, 0.6) is 0 Å². The number of hydrogen-bond acceptors (Lipinski definition) is 2. The van der Waals surface area contributed by atoms with E-state index in [1.54, 1.807) is 12.1 Å². The molecule has 2 rings (SSSR count). The Kier molecular flexibility index (Phi) is 2.83. The maximum atomic E-state index is 11.4. The van der Waals surface area contributed by atoms with E-state index in [-0.39, 0.29) is 5.97 Å². The Labute approximate surface area is 114 Å². The minimum atomic E-state index is -0.922. The van der Waals surface area contributed by atoms with E-state index in [2.05, 4.69) is 63.7 Å². The standard InChI is InChI=1S/C8H2Br4O2/c9-4-2-1-3-5(6(4)10)8(11,12)14-7(3)13/h1-2H. The maximum absolute atomic E-state index is 11.4. The SMILES string of the molecule is O=C1OC(Br)(Br)c2c1ccc(Br)c2Br. The van der Waals surface area contributed by atoms with Gasteiger partial charge in [-0.15, -0.1) is 0 Å².